The molecule has 0 aliphatic heterocycles. The molecular formula is C19H29ClN6S. The Labute approximate surface area is 171 Å². The summed E-state index contributed by atoms with van der Waals surface area (Å²) in [5.74, 6) is 0.693. The largest absolute Gasteiger partial charge is 0.394 e. The van der Waals surface area contributed by atoms with Crippen LogP contribution in [0.3, 0.4) is 0 Å². The number of halogens is 1. The molecule has 0 unspecified atom stereocenters. The molecule has 0 saturated heterocycles. The Morgan fingerprint density at radius 1 is 1.37 bits per heavy atom. The van der Waals surface area contributed by atoms with Crippen molar-refractivity contribution in [2.24, 2.45) is 5.73 Å². The van der Waals surface area contributed by atoms with Crippen LogP contribution in [0.15, 0.2) is 43.4 Å². The maximum absolute atomic E-state index is 5.89. The fraction of sp³-hybridized carbons (Fsp3) is 0.368. The van der Waals surface area contributed by atoms with Crippen LogP contribution >= 0.6 is 22.9 Å². The summed E-state index contributed by atoms with van der Waals surface area (Å²) in [4.78, 5) is 9.58. The third kappa shape index (κ3) is 10.1. The van der Waals surface area contributed by atoms with Crippen LogP contribution in [-0.4, -0.2) is 36.6 Å². The van der Waals surface area contributed by atoms with Crippen LogP contribution in [0, 0.1) is 0 Å². The van der Waals surface area contributed by atoms with Crippen molar-refractivity contribution in [3.8, 4) is 0 Å². The Hall–Kier alpha value is -1.93. The van der Waals surface area contributed by atoms with Crippen molar-refractivity contribution in [3.05, 3.63) is 53.3 Å². The topological polar surface area (TPSA) is 87.9 Å². The van der Waals surface area contributed by atoms with Gasteiger partial charge < -0.3 is 21.7 Å². The molecule has 0 aromatic carbocycles. The highest BCUT2D eigenvalue weighted by molar-refractivity contribution is 7.16. The van der Waals surface area contributed by atoms with Crippen molar-refractivity contribution in [3.63, 3.8) is 0 Å². The standard InChI is InChI=1S/C12H13ClN4S.C7H16N2/c1-8(6-14-2)10-7-16-12(18-10)17-11-5-9(13)3-4-15-11;1-2-3-6-9-7-4-5-8/h3-7,14H,1-2H3,(H,15,16,17);2,9H,1,3-8H2/b8-6+;. The highest BCUT2D eigenvalue weighted by Crippen LogP contribution is 2.27. The molecular weight excluding hydrogens is 380 g/mol. The lowest BCUT2D eigenvalue weighted by molar-refractivity contribution is 0.659. The first-order chi connectivity index (χ1) is 13.1. The minimum Gasteiger partial charge on any atom is -0.394 e. The van der Waals surface area contributed by atoms with Crippen LogP contribution in [0.4, 0.5) is 10.9 Å². The van der Waals surface area contributed by atoms with E-state index < -0.39 is 0 Å². The quantitative estimate of drug-likeness (QED) is 0.351. The normalized spacial score (nSPS) is 10.7. The lowest BCUT2D eigenvalue weighted by Gasteiger charge is -2.00. The third-order valence-electron chi connectivity index (χ3n) is 3.30. The number of nitrogens with zero attached hydrogens (tertiary/aromatic N) is 2. The van der Waals surface area contributed by atoms with Gasteiger partial charge in [0, 0.05) is 30.7 Å². The van der Waals surface area contributed by atoms with E-state index in [1.165, 1.54) is 0 Å². The van der Waals surface area contributed by atoms with Crippen molar-refractivity contribution >= 4 is 39.5 Å². The average molecular weight is 409 g/mol. The zero-order valence-corrected chi connectivity index (χ0v) is 17.5. The first-order valence-electron chi connectivity index (χ1n) is 8.81. The third-order valence-corrected chi connectivity index (χ3v) is 4.58. The minimum absolute atomic E-state index is 0.649. The number of nitrogens with one attached hydrogen (secondary N) is 3. The van der Waals surface area contributed by atoms with E-state index in [0.29, 0.717) is 10.8 Å². The SMILES string of the molecule is C=CCCNCCCN.CN/C=C(\C)c1cnc(Nc2cc(Cl)ccn2)s1. The molecule has 2 rings (SSSR count). The predicted molar refractivity (Wildman–Crippen MR) is 119 cm³/mol. The summed E-state index contributed by atoms with van der Waals surface area (Å²) in [5, 5.41) is 10.8. The average Bonchev–Trinajstić information content (AvgIpc) is 3.11. The molecule has 5 N–H and O–H groups in total. The summed E-state index contributed by atoms with van der Waals surface area (Å²) in [7, 11) is 1.87. The van der Waals surface area contributed by atoms with Gasteiger partial charge in [-0.15, -0.1) is 6.58 Å². The second-order valence-electron chi connectivity index (χ2n) is 5.60. The van der Waals surface area contributed by atoms with Gasteiger partial charge in [0.15, 0.2) is 5.13 Å². The zero-order valence-electron chi connectivity index (χ0n) is 16.0. The molecule has 0 aliphatic carbocycles. The monoisotopic (exact) mass is 408 g/mol. The van der Waals surface area contributed by atoms with Crippen molar-refractivity contribution in [1.29, 1.82) is 0 Å². The van der Waals surface area contributed by atoms with Gasteiger partial charge in [0.2, 0.25) is 0 Å². The van der Waals surface area contributed by atoms with Crippen LogP contribution in [0.5, 0.6) is 0 Å². The maximum Gasteiger partial charge on any atom is 0.188 e. The smallest absolute Gasteiger partial charge is 0.188 e. The summed E-state index contributed by atoms with van der Waals surface area (Å²) in [5.41, 5.74) is 6.42. The van der Waals surface area contributed by atoms with Crippen LogP contribution in [0.1, 0.15) is 24.6 Å². The van der Waals surface area contributed by atoms with Gasteiger partial charge in [0.05, 0.1) is 4.88 Å². The fourth-order valence-corrected chi connectivity index (χ4v) is 2.90. The van der Waals surface area contributed by atoms with Crippen molar-refractivity contribution in [2.45, 2.75) is 19.8 Å². The minimum atomic E-state index is 0.649. The number of allylic oxidation sites excluding steroid dienone is 1. The van der Waals surface area contributed by atoms with Gasteiger partial charge in [-0.25, -0.2) is 9.97 Å². The number of hydrogen-bond acceptors (Lipinski definition) is 7. The molecule has 6 nitrogen and oxygen atoms in total. The number of anilines is 2. The van der Waals surface area contributed by atoms with Crippen molar-refractivity contribution < 1.29 is 0 Å². The molecule has 27 heavy (non-hydrogen) atoms. The summed E-state index contributed by atoms with van der Waals surface area (Å²) in [6.07, 6.45) is 9.46. The lowest BCUT2D eigenvalue weighted by Crippen LogP contribution is -2.18. The van der Waals surface area contributed by atoms with E-state index in [0.717, 1.165) is 48.1 Å². The highest BCUT2D eigenvalue weighted by Gasteiger charge is 2.04. The predicted octanol–water partition coefficient (Wildman–Crippen LogP) is 4.02. The molecule has 0 atom stereocenters. The van der Waals surface area contributed by atoms with Gasteiger partial charge in [0.1, 0.15) is 5.82 Å². The maximum atomic E-state index is 5.89. The molecule has 0 spiro atoms. The first-order valence-corrected chi connectivity index (χ1v) is 10.0. The molecule has 0 fully saturated rings. The highest BCUT2D eigenvalue weighted by atomic mass is 35.5. The van der Waals surface area contributed by atoms with E-state index in [9.17, 15) is 0 Å². The number of pyridine rings is 1. The molecule has 2 heterocycles. The van der Waals surface area contributed by atoms with E-state index >= 15 is 0 Å². The van der Waals surface area contributed by atoms with Crippen LogP contribution < -0.4 is 21.7 Å². The number of rotatable bonds is 10. The second-order valence-corrected chi connectivity index (χ2v) is 7.07. The van der Waals surface area contributed by atoms with E-state index in [1.807, 2.05) is 32.4 Å². The fourth-order valence-electron chi connectivity index (χ4n) is 1.94. The van der Waals surface area contributed by atoms with Gasteiger partial charge in [0.25, 0.3) is 0 Å². The zero-order chi connectivity index (χ0) is 19.9. The summed E-state index contributed by atoms with van der Waals surface area (Å²) < 4.78 is 0. The summed E-state index contributed by atoms with van der Waals surface area (Å²) in [6.45, 7) is 8.49. The Morgan fingerprint density at radius 3 is 2.85 bits per heavy atom. The molecule has 0 saturated carbocycles. The Balaban J connectivity index is 0.000000345. The first kappa shape index (κ1) is 23.1. The lowest BCUT2D eigenvalue weighted by atomic mass is 10.3. The number of hydrogen-bond donors (Lipinski definition) is 4. The molecule has 0 bridgehead atoms. The van der Waals surface area contributed by atoms with E-state index in [-0.39, 0.29) is 0 Å². The molecule has 2 aromatic rings. The number of thiazole rings is 1. The summed E-state index contributed by atoms with van der Waals surface area (Å²) >= 11 is 7.46. The van der Waals surface area contributed by atoms with E-state index in [1.54, 1.807) is 29.7 Å². The van der Waals surface area contributed by atoms with Crippen LogP contribution in [-0.2, 0) is 0 Å². The second kappa shape index (κ2) is 14.2. The Bertz CT molecular complexity index is 701. The molecule has 2 aromatic heterocycles. The van der Waals surface area contributed by atoms with Crippen molar-refractivity contribution in [2.75, 3.05) is 32.0 Å². The van der Waals surface area contributed by atoms with Gasteiger partial charge in [-0.3, -0.25) is 0 Å². The van der Waals surface area contributed by atoms with Gasteiger partial charge in [-0.1, -0.05) is 29.0 Å². The number of nitrogens with two attached hydrogens (primary N) is 1. The molecule has 8 heteroatoms. The van der Waals surface area contributed by atoms with E-state index in [2.05, 4.69) is 32.5 Å². The van der Waals surface area contributed by atoms with Crippen LogP contribution in [0.2, 0.25) is 5.02 Å². The molecule has 0 radical (unpaired) electrons. The Kier molecular flexibility index (Phi) is 12.1. The van der Waals surface area contributed by atoms with Gasteiger partial charge in [-0.05, 0) is 57.1 Å². The molecule has 0 aliphatic rings. The van der Waals surface area contributed by atoms with Crippen LogP contribution in [0.25, 0.3) is 5.57 Å². The number of aromatic nitrogens is 2. The van der Waals surface area contributed by atoms with Gasteiger partial charge in [-0.2, -0.15) is 0 Å². The Morgan fingerprint density at radius 2 is 2.19 bits per heavy atom. The van der Waals surface area contributed by atoms with Gasteiger partial charge >= 0.3 is 0 Å². The van der Waals surface area contributed by atoms with E-state index in [4.69, 9.17) is 17.3 Å². The summed E-state index contributed by atoms with van der Waals surface area (Å²) in [6, 6.07) is 3.50. The molecule has 148 valence electrons. The molecule has 0 amide bonds. The van der Waals surface area contributed by atoms with Crippen molar-refractivity contribution in [1.82, 2.24) is 20.6 Å².